The van der Waals surface area contributed by atoms with Crippen LogP contribution in [-0.2, 0) is 22.9 Å². The van der Waals surface area contributed by atoms with Crippen LogP contribution in [0.15, 0.2) is 12.5 Å². The second-order valence-electron chi connectivity index (χ2n) is 4.85. The summed E-state index contributed by atoms with van der Waals surface area (Å²) in [6.45, 7) is 4.38. The van der Waals surface area contributed by atoms with Crippen LogP contribution in [-0.4, -0.2) is 35.5 Å². The van der Waals surface area contributed by atoms with Gasteiger partial charge in [-0.2, -0.15) is 0 Å². The Hall–Kier alpha value is -0.880. The summed E-state index contributed by atoms with van der Waals surface area (Å²) in [4.78, 5) is 4.12. The number of nitrogens with zero attached hydrogens (tertiary/aromatic N) is 2. The summed E-state index contributed by atoms with van der Waals surface area (Å²) in [5, 5.41) is 3.09. The smallest absolute Gasteiger partial charge is 0.154 e. The minimum atomic E-state index is -2.87. The molecule has 5 nitrogen and oxygen atoms in total. The Bertz CT molecular complexity index is 481. The van der Waals surface area contributed by atoms with Gasteiger partial charge in [0, 0.05) is 19.3 Å². The van der Waals surface area contributed by atoms with E-state index in [1.54, 1.807) is 6.33 Å². The number of imidazole rings is 1. The first-order valence-corrected chi connectivity index (χ1v) is 8.26. The molecule has 1 N–H and O–H groups in total. The van der Waals surface area contributed by atoms with E-state index in [0.29, 0.717) is 12.3 Å². The third-order valence-corrected chi connectivity index (χ3v) is 5.65. The highest BCUT2D eigenvalue weighted by Gasteiger charge is 2.31. The molecule has 1 aromatic heterocycles. The highest BCUT2D eigenvalue weighted by Crippen LogP contribution is 2.22. The lowest BCUT2D eigenvalue weighted by atomic mass is 10.2. The Balaban J connectivity index is 1.99. The standard InChI is InChI=1S/C12H21N3O2S/c1-2-5-13-7-11-8-14-10-15(11)9-12-4-3-6-18(12,16)17/h8,10,12-13H,2-7,9H2,1H3. The van der Waals surface area contributed by atoms with Gasteiger partial charge in [-0.15, -0.1) is 0 Å². The van der Waals surface area contributed by atoms with Crippen LogP contribution in [0.1, 0.15) is 31.9 Å². The lowest BCUT2D eigenvalue weighted by Crippen LogP contribution is -2.24. The number of rotatable bonds is 6. The summed E-state index contributed by atoms with van der Waals surface area (Å²) in [7, 11) is -2.87. The predicted molar refractivity (Wildman–Crippen MR) is 71.0 cm³/mol. The summed E-state index contributed by atoms with van der Waals surface area (Å²) in [6, 6.07) is 0. The van der Waals surface area contributed by atoms with Crippen LogP contribution in [0.5, 0.6) is 0 Å². The molecule has 0 aliphatic carbocycles. The lowest BCUT2D eigenvalue weighted by Gasteiger charge is -2.13. The van der Waals surface area contributed by atoms with Gasteiger partial charge >= 0.3 is 0 Å². The van der Waals surface area contributed by atoms with Gasteiger partial charge in [0.2, 0.25) is 0 Å². The molecule has 1 fully saturated rings. The van der Waals surface area contributed by atoms with Gasteiger partial charge in [-0.05, 0) is 25.8 Å². The van der Waals surface area contributed by atoms with E-state index < -0.39 is 9.84 Å². The van der Waals surface area contributed by atoms with Crippen molar-refractivity contribution < 1.29 is 8.42 Å². The summed E-state index contributed by atoms with van der Waals surface area (Å²) >= 11 is 0. The molecule has 6 heteroatoms. The Kier molecular flexibility index (Phi) is 4.40. The highest BCUT2D eigenvalue weighted by atomic mass is 32.2. The molecule has 1 unspecified atom stereocenters. The minimum Gasteiger partial charge on any atom is -0.332 e. The van der Waals surface area contributed by atoms with Crippen LogP contribution >= 0.6 is 0 Å². The van der Waals surface area contributed by atoms with E-state index in [1.165, 1.54) is 0 Å². The normalized spacial score (nSPS) is 22.4. The first kappa shape index (κ1) is 13.5. The predicted octanol–water partition coefficient (Wildman–Crippen LogP) is 0.960. The van der Waals surface area contributed by atoms with Gasteiger partial charge in [0.1, 0.15) is 0 Å². The van der Waals surface area contributed by atoms with Gasteiger partial charge in [-0.25, -0.2) is 13.4 Å². The van der Waals surface area contributed by atoms with Crippen molar-refractivity contribution in [2.75, 3.05) is 12.3 Å². The molecule has 0 radical (unpaired) electrons. The van der Waals surface area contributed by atoms with E-state index in [4.69, 9.17) is 0 Å². The fourth-order valence-electron chi connectivity index (χ4n) is 2.34. The number of sulfone groups is 1. The topological polar surface area (TPSA) is 64.0 Å². The molecule has 102 valence electrons. The molecular formula is C12H21N3O2S. The van der Waals surface area contributed by atoms with Crippen molar-refractivity contribution in [1.29, 1.82) is 0 Å². The Labute approximate surface area is 109 Å². The van der Waals surface area contributed by atoms with E-state index in [0.717, 1.165) is 38.0 Å². The SMILES string of the molecule is CCCNCc1cncn1CC1CCCS1(=O)=O. The second kappa shape index (κ2) is 5.84. The third kappa shape index (κ3) is 3.11. The van der Waals surface area contributed by atoms with Crippen molar-refractivity contribution in [1.82, 2.24) is 14.9 Å². The van der Waals surface area contributed by atoms with Crippen molar-refractivity contribution in [2.45, 2.75) is 44.5 Å². The Morgan fingerprint density at radius 3 is 3.06 bits per heavy atom. The number of hydrogen-bond donors (Lipinski definition) is 1. The zero-order valence-corrected chi connectivity index (χ0v) is 11.6. The summed E-state index contributed by atoms with van der Waals surface area (Å²) in [5.41, 5.74) is 1.06. The molecule has 0 amide bonds. The highest BCUT2D eigenvalue weighted by molar-refractivity contribution is 7.92. The first-order chi connectivity index (χ1) is 8.63. The van der Waals surface area contributed by atoms with E-state index in [-0.39, 0.29) is 5.25 Å². The number of aromatic nitrogens is 2. The van der Waals surface area contributed by atoms with E-state index in [9.17, 15) is 8.42 Å². The van der Waals surface area contributed by atoms with Gasteiger partial charge in [0.25, 0.3) is 0 Å². The fraction of sp³-hybridized carbons (Fsp3) is 0.750. The number of hydrogen-bond acceptors (Lipinski definition) is 4. The molecule has 2 heterocycles. The molecule has 0 saturated carbocycles. The molecule has 1 aromatic rings. The molecule has 0 spiro atoms. The summed E-state index contributed by atoms with van der Waals surface area (Å²) in [5.74, 6) is 0.343. The maximum absolute atomic E-state index is 11.8. The van der Waals surface area contributed by atoms with Crippen molar-refractivity contribution in [3.05, 3.63) is 18.2 Å². The maximum Gasteiger partial charge on any atom is 0.154 e. The van der Waals surface area contributed by atoms with E-state index in [1.807, 2.05) is 10.8 Å². The van der Waals surface area contributed by atoms with Crippen LogP contribution in [0.3, 0.4) is 0 Å². The van der Waals surface area contributed by atoms with Crippen LogP contribution in [0.4, 0.5) is 0 Å². The zero-order valence-electron chi connectivity index (χ0n) is 10.8. The lowest BCUT2D eigenvalue weighted by molar-refractivity contribution is 0.550. The quantitative estimate of drug-likeness (QED) is 0.783. The molecule has 1 aliphatic rings. The minimum absolute atomic E-state index is 0.225. The van der Waals surface area contributed by atoms with Gasteiger partial charge in [-0.1, -0.05) is 6.92 Å². The van der Waals surface area contributed by atoms with Crippen molar-refractivity contribution in [2.24, 2.45) is 0 Å². The molecule has 0 bridgehead atoms. The molecule has 2 rings (SSSR count). The molecule has 18 heavy (non-hydrogen) atoms. The van der Waals surface area contributed by atoms with Crippen LogP contribution in [0.2, 0.25) is 0 Å². The van der Waals surface area contributed by atoms with Crippen LogP contribution < -0.4 is 5.32 Å². The molecule has 0 aromatic carbocycles. The first-order valence-electron chi connectivity index (χ1n) is 6.55. The van der Waals surface area contributed by atoms with E-state index in [2.05, 4.69) is 17.2 Å². The van der Waals surface area contributed by atoms with Crippen molar-refractivity contribution in [3.8, 4) is 0 Å². The average Bonchev–Trinajstić information content (AvgIpc) is 2.88. The molecule has 1 saturated heterocycles. The second-order valence-corrected chi connectivity index (χ2v) is 7.25. The van der Waals surface area contributed by atoms with Gasteiger partial charge in [-0.3, -0.25) is 0 Å². The number of nitrogens with one attached hydrogen (secondary N) is 1. The molecule has 1 atom stereocenters. The summed E-state index contributed by atoms with van der Waals surface area (Å²) < 4.78 is 25.6. The van der Waals surface area contributed by atoms with Crippen LogP contribution in [0.25, 0.3) is 0 Å². The Morgan fingerprint density at radius 1 is 1.56 bits per heavy atom. The third-order valence-electron chi connectivity index (χ3n) is 3.39. The van der Waals surface area contributed by atoms with Crippen molar-refractivity contribution >= 4 is 9.84 Å². The molecular weight excluding hydrogens is 250 g/mol. The zero-order chi connectivity index (χ0) is 13.0. The largest absolute Gasteiger partial charge is 0.332 e. The van der Waals surface area contributed by atoms with Gasteiger partial charge in [0.15, 0.2) is 9.84 Å². The van der Waals surface area contributed by atoms with Gasteiger partial charge in [0.05, 0.1) is 23.0 Å². The van der Waals surface area contributed by atoms with E-state index >= 15 is 0 Å². The average molecular weight is 271 g/mol. The van der Waals surface area contributed by atoms with Gasteiger partial charge < -0.3 is 9.88 Å². The monoisotopic (exact) mass is 271 g/mol. The fourth-order valence-corrected chi connectivity index (χ4v) is 4.15. The van der Waals surface area contributed by atoms with Crippen molar-refractivity contribution in [3.63, 3.8) is 0 Å². The van der Waals surface area contributed by atoms with Crippen LogP contribution in [0, 0.1) is 0 Å². The summed E-state index contributed by atoms with van der Waals surface area (Å²) in [6.07, 6.45) is 6.21. The Morgan fingerprint density at radius 2 is 2.39 bits per heavy atom. The molecule has 1 aliphatic heterocycles. The maximum atomic E-state index is 11.8.